The Labute approximate surface area is 300 Å². The summed E-state index contributed by atoms with van der Waals surface area (Å²) in [6.07, 6.45) is -1.21. The van der Waals surface area contributed by atoms with Gasteiger partial charge in [-0.3, -0.25) is 4.79 Å². The average Bonchev–Trinajstić information content (AvgIpc) is 3.12. The van der Waals surface area contributed by atoms with Gasteiger partial charge in [0.15, 0.2) is 0 Å². The molecule has 5 N–H and O–H groups in total. The normalized spacial score (nSPS) is 10.7. The molecular weight excluding hydrogens is 667 g/mol. The molecule has 0 unspecified atom stereocenters. The minimum Gasteiger partial charge on any atom is -0.399 e. The molecule has 5 rings (SSSR count). The van der Waals surface area contributed by atoms with Gasteiger partial charge < -0.3 is 26.6 Å². The van der Waals surface area contributed by atoms with E-state index in [0.29, 0.717) is 39.7 Å². The molecule has 0 fully saturated rings. The van der Waals surface area contributed by atoms with Gasteiger partial charge in [-0.1, -0.05) is 18.2 Å². The number of halogens is 3. The number of hydrogen-bond donors (Lipinski definition) is 3. The second-order valence-corrected chi connectivity index (χ2v) is 12.3. The van der Waals surface area contributed by atoms with E-state index in [4.69, 9.17) is 11.5 Å². The molecule has 3 aromatic carbocycles. The fourth-order valence-electron chi connectivity index (χ4n) is 5.41. The van der Waals surface area contributed by atoms with Crippen LogP contribution in [0.2, 0.25) is 0 Å². The summed E-state index contributed by atoms with van der Waals surface area (Å²) in [4.78, 5) is 24.9. The standard InChI is InChI=1S/C24H22F3N5O.C15H16N4/c1-14-4-7-19(10-20(14)18-8-17(12-29)22(30-13-18)32(2)3)31-23(33)15-5-6-16(11-28)21(9-15)24(25,26)27;1-10-4-5-13(17)7-14(10)12-6-11(8-16)15(18-9-12)19(2)3/h4-10,13H,11,28H2,1-3H3,(H,31,33);4-7,9H,17H2,1-3H3. The maximum Gasteiger partial charge on any atom is 0.416 e. The average molecular weight is 706 g/mol. The summed E-state index contributed by atoms with van der Waals surface area (Å²) in [5.74, 6) is 0.523. The highest BCUT2D eigenvalue weighted by Crippen LogP contribution is 2.34. The fraction of sp³-hybridized carbons (Fsp3) is 0.205. The first-order chi connectivity index (χ1) is 24.6. The highest BCUT2D eigenvalue weighted by Gasteiger charge is 2.33. The van der Waals surface area contributed by atoms with E-state index < -0.39 is 17.6 Å². The number of rotatable bonds is 7. The third-order valence-electron chi connectivity index (χ3n) is 8.10. The molecule has 266 valence electrons. The molecule has 5 aromatic rings. The number of nitrogens with one attached hydrogen (secondary N) is 1. The van der Waals surface area contributed by atoms with Crippen molar-refractivity contribution in [1.29, 1.82) is 10.5 Å². The van der Waals surface area contributed by atoms with Crippen LogP contribution in [0.25, 0.3) is 22.3 Å². The molecule has 0 aliphatic rings. The molecule has 10 nitrogen and oxygen atoms in total. The number of benzene rings is 3. The Balaban J connectivity index is 0.000000269. The Morgan fingerprint density at radius 2 is 1.31 bits per heavy atom. The van der Waals surface area contributed by atoms with E-state index in [0.717, 1.165) is 33.9 Å². The van der Waals surface area contributed by atoms with Gasteiger partial charge >= 0.3 is 6.18 Å². The number of carbonyl (C=O) groups excluding carboxylic acids is 1. The number of nitriles is 2. The second-order valence-electron chi connectivity index (χ2n) is 12.3. The largest absolute Gasteiger partial charge is 0.416 e. The molecule has 2 aromatic heterocycles. The molecule has 0 saturated heterocycles. The summed E-state index contributed by atoms with van der Waals surface area (Å²) in [6, 6.07) is 22.1. The number of aromatic nitrogens is 2. The summed E-state index contributed by atoms with van der Waals surface area (Å²) in [6.45, 7) is 3.60. The van der Waals surface area contributed by atoms with E-state index in [9.17, 15) is 28.5 Å². The van der Waals surface area contributed by atoms with Crippen molar-refractivity contribution in [3.63, 3.8) is 0 Å². The Morgan fingerprint density at radius 1 is 0.788 bits per heavy atom. The van der Waals surface area contributed by atoms with E-state index in [1.54, 1.807) is 55.7 Å². The van der Waals surface area contributed by atoms with Gasteiger partial charge in [-0.2, -0.15) is 23.7 Å². The topological polar surface area (TPSA) is 161 Å². The highest BCUT2D eigenvalue weighted by molar-refractivity contribution is 6.04. The number of hydrogen-bond acceptors (Lipinski definition) is 9. The lowest BCUT2D eigenvalue weighted by Gasteiger charge is -2.16. The number of alkyl halides is 3. The highest BCUT2D eigenvalue weighted by atomic mass is 19.4. The van der Waals surface area contributed by atoms with Crippen molar-refractivity contribution in [3.8, 4) is 34.4 Å². The van der Waals surface area contributed by atoms with Crippen molar-refractivity contribution in [2.24, 2.45) is 5.73 Å². The smallest absolute Gasteiger partial charge is 0.399 e. The fourth-order valence-corrected chi connectivity index (χ4v) is 5.41. The maximum absolute atomic E-state index is 13.3. The number of carbonyl (C=O) groups is 1. The molecule has 0 aliphatic heterocycles. The second kappa shape index (κ2) is 16.1. The minimum atomic E-state index is -4.62. The van der Waals surface area contributed by atoms with Crippen LogP contribution < -0.4 is 26.6 Å². The van der Waals surface area contributed by atoms with E-state index >= 15 is 0 Å². The third-order valence-corrected chi connectivity index (χ3v) is 8.10. The number of amides is 1. The van der Waals surface area contributed by atoms with Crippen LogP contribution in [-0.4, -0.2) is 44.1 Å². The number of nitrogens with zero attached hydrogens (tertiary/aromatic N) is 6. The van der Waals surface area contributed by atoms with Gasteiger partial charge in [0.1, 0.15) is 23.8 Å². The van der Waals surface area contributed by atoms with E-state index in [2.05, 4.69) is 27.4 Å². The molecule has 0 radical (unpaired) electrons. The zero-order valence-corrected chi connectivity index (χ0v) is 29.6. The van der Waals surface area contributed by atoms with E-state index in [-0.39, 0.29) is 17.7 Å². The minimum absolute atomic E-state index is 0.0846. The molecule has 52 heavy (non-hydrogen) atoms. The first kappa shape index (κ1) is 38.4. The van der Waals surface area contributed by atoms with Gasteiger partial charge in [0.05, 0.1) is 16.7 Å². The molecule has 0 atom stereocenters. The molecule has 2 heterocycles. The lowest BCUT2D eigenvalue weighted by molar-refractivity contribution is -0.138. The molecule has 0 spiro atoms. The third kappa shape index (κ3) is 8.82. The van der Waals surface area contributed by atoms with Crippen LogP contribution in [0.3, 0.4) is 0 Å². The van der Waals surface area contributed by atoms with Crippen LogP contribution in [-0.2, 0) is 12.7 Å². The predicted octanol–water partition coefficient (Wildman–Crippen LogP) is 7.30. The Kier molecular flexibility index (Phi) is 11.8. The quantitative estimate of drug-likeness (QED) is 0.148. The van der Waals surface area contributed by atoms with Crippen molar-refractivity contribution in [3.05, 3.63) is 118 Å². The van der Waals surface area contributed by atoms with E-state index in [1.807, 2.05) is 57.1 Å². The first-order valence-electron chi connectivity index (χ1n) is 15.9. The molecule has 0 saturated carbocycles. The SMILES string of the molecule is Cc1ccc(N)cc1-c1cnc(N(C)C)c(C#N)c1.Cc1ccc(NC(=O)c2ccc(CN)c(C(F)(F)F)c2)cc1-c1cnc(N(C)C)c(C#N)c1. The number of pyridine rings is 2. The monoisotopic (exact) mass is 705 g/mol. The number of nitrogen functional groups attached to an aromatic ring is 1. The Bertz CT molecular complexity index is 2200. The predicted molar refractivity (Wildman–Crippen MR) is 199 cm³/mol. The van der Waals surface area contributed by atoms with Crippen LogP contribution in [0.1, 0.15) is 43.7 Å². The first-order valence-corrected chi connectivity index (χ1v) is 15.9. The van der Waals surface area contributed by atoms with Gasteiger partial charge in [0.25, 0.3) is 5.91 Å². The number of nitrogens with two attached hydrogens (primary N) is 2. The van der Waals surface area contributed by atoms with Crippen molar-refractivity contribution < 1.29 is 18.0 Å². The van der Waals surface area contributed by atoms with Gasteiger partial charge in [-0.15, -0.1) is 0 Å². The van der Waals surface area contributed by atoms with Crippen LogP contribution >= 0.6 is 0 Å². The zero-order chi connectivity index (χ0) is 38.3. The van der Waals surface area contributed by atoms with Crippen molar-refractivity contribution in [2.75, 3.05) is 49.0 Å². The van der Waals surface area contributed by atoms with Gasteiger partial charge in [0.2, 0.25) is 0 Å². The molecule has 0 bridgehead atoms. The molecule has 13 heteroatoms. The summed E-state index contributed by atoms with van der Waals surface area (Å²) >= 11 is 0. The van der Waals surface area contributed by atoms with Crippen molar-refractivity contribution in [2.45, 2.75) is 26.6 Å². The molecule has 0 aliphatic carbocycles. The number of anilines is 4. The van der Waals surface area contributed by atoms with Crippen LogP contribution in [0, 0.1) is 36.5 Å². The van der Waals surface area contributed by atoms with E-state index in [1.165, 1.54) is 12.1 Å². The van der Waals surface area contributed by atoms with Crippen molar-refractivity contribution >= 4 is 28.9 Å². The summed E-state index contributed by atoms with van der Waals surface area (Å²) in [7, 11) is 7.31. The van der Waals surface area contributed by atoms with Gasteiger partial charge in [-0.05, 0) is 90.2 Å². The summed E-state index contributed by atoms with van der Waals surface area (Å²) in [5, 5.41) is 21.3. The summed E-state index contributed by atoms with van der Waals surface area (Å²) in [5.41, 5.74) is 17.4. The lowest BCUT2D eigenvalue weighted by atomic mass is 9.99. The molecular formula is C39H38F3N9O. The van der Waals surface area contributed by atoms with Crippen molar-refractivity contribution in [1.82, 2.24) is 9.97 Å². The van der Waals surface area contributed by atoms with Crippen LogP contribution in [0.15, 0.2) is 79.1 Å². The Morgan fingerprint density at radius 3 is 1.79 bits per heavy atom. The van der Waals surface area contributed by atoms with Gasteiger partial charge in [0, 0.05) is 75.2 Å². The zero-order valence-electron chi connectivity index (χ0n) is 29.6. The maximum atomic E-state index is 13.3. The van der Waals surface area contributed by atoms with Crippen LogP contribution in [0.4, 0.5) is 36.2 Å². The van der Waals surface area contributed by atoms with Crippen LogP contribution in [0.5, 0.6) is 0 Å². The number of aryl methyl sites for hydroxylation is 2. The Hall–Kier alpha value is -6.44. The summed E-state index contributed by atoms with van der Waals surface area (Å²) < 4.78 is 39.9. The van der Waals surface area contributed by atoms with Gasteiger partial charge in [-0.25, -0.2) is 9.97 Å². The molecule has 1 amide bonds. The lowest BCUT2D eigenvalue weighted by Crippen LogP contribution is -2.17.